The van der Waals surface area contributed by atoms with Crippen molar-refractivity contribution in [3.8, 4) is 0 Å². The van der Waals surface area contributed by atoms with Gasteiger partial charge in [-0.15, -0.1) is 11.8 Å². The highest BCUT2D eigenvalue weighted by atomic mass is 32.2. The van der Waals surface area contributed by atoms with E-state index >= 15 is 0 Å². The summed E-state index contributed by atoms with van der Waals surface area (Å²) in [5, 5.41) is 0. The number of thioether (sulfide) groups is 1. The summed E-state index contributed by atoms with van der Waals surface area (Å²) < 4.78 is 0. The molecule has 1 fully saturated rings. The average Bonchev–Trinajstić information content (AvgIpc) is 2.67. The van der Waals surface area contributed by atoms with E-state index in [2.05, 4.69) is 0 Å². The Morgan fingerprint density at radius 1 is 0.880 bits per heavy atom. The van der Waals surface area contributed by atoms with Gasteiger partial charge >= 0.3 is 0 Å². The van der Waals surface area contributed by atoms with Crippen LogP contribution in [0.15, 0.2) is 59.5 Å². The zero-order chi connectivity index (χ0) is 17.6. The minimum atomic E-state index is 0.0470. The van der Waals surface area contributed by atoms with Crippen LogP contribution in [0.3, 0.4) is 0 Å². The predicted molar refractivity (Wildman–Crippen MR) is 101 cm³/mol. The molecule has 0 aliphatic carbocycles. The first-order chi connectivity index (χ1) is 12.1. The molecular formula is C20H22N2O2S. The van der Waals surface area contributed by atoms with E-state index in [0.717, 1.165) is 10.5 Å². The van der Waals surface area contributed by atoms with Gasteiger partial charge in [-0.1, -0.05) is 35.9 Å². The quantitative estimate of drug-likeness (QED) is 0.793. The predicted octanol–water partition coefficient (Wildman–Crippen LogP) is 3.07. The summed E-state index contributed by atoms with van der Waals surface area (Å²) >= 11 is 1.56. The molecule has 2 aromatic rings. The van der Waals surface area contributed by atoms with Crippen molar-refractivity contribution < 1.29 is 9.59 Å². The van der Waals surface area contributed by atoms with Gasteiger partial charge in [0.2, 0.25) is 5.91 Å². The molecule has 25 heavy (non-hydrogen) atoms. The van der Waals surface area contributed by atoms with Crippen LogP contribution in [0.25, 0.3) is 0 Å². The molecule has 0 saturated carbocycles. The molecule has 2 aromatic carbocycles. The Hall–Kier alpha value is -2.27. The van der Waals surface area contributed by atoms with Gasteiger partial charge in [0.15, 0.2) is 0 Å². The van der Waals surface area contributed by atoms with Gasteiger partial charge in [0.25, 0.3) is 5.91 Å². The number of piperazine rings is 1. The number of amides is 2. The lowest BCUT2D eigenvalue weighted by molar-refractivity contribution is -0.129. The van der Waals surface area contributed by atoms with Crippen molar-refractivity contribution in [3.05, 3.63) is 65.7 Å². The minimum Gasteiger partial charge on any atom is -0.338 e. The second-order valence-corrected chi connectivity index (χ2v) is 7.19. The molecule has 0 radical (unpaired) electrons. The topological polar surface area (TPSA) is 40.6 Å². The van der Waals surface area contributed by atoms with E-state index < -0.39 is 0 Å². The van der Waals surface area contributed by atoms with Gasteiger partial charge in [-0.25, -0.2) is 0 Å². The lowest BCUT2D eigenvalue weighted by atomic mass is 10.1. The third-order valence-corrected chi connectivity index (χ3v) is 5.32. The molecule has 1 saturated heterocycles. The van der Waals surface area contributed by atoms with E-state index in [1.54, 1.807) is 11.8 Å². The third-order valence-electron chi connectivity index (χ3n) is 4.32. The second-order valence-electron chi connectivity index (χ2n) is 6.14. The van der Waals surface area contributed by atoms with Gasteiger partial charge in [-0.05, 0) is 31.2 Å². The monoisotopic (exact) mass is 354 g/mol. The number of rotatable bonds is 4. The number of benzene rings is 2. The van der Waals surface area contributed by atoms with Crippen LogP contribution in [-0.2, 0) is 4.79 Å². The van der Waals surface area contributed by atoms with Crippen molar-refractivity contribution in [2.45, 2.75) is 11.8 Å². The number of nitrogens with zero attached hydrogens (tertiary/aromatic N) is 2. The van der Waals surface area contributed by atoms with Crippen LogP contribution in [0.5, 0.6) is 0 Å². The summed E-state index contributed by atoms with van der Waals surface area (Å²) in [5.74, 6) is 0.623. The molecule has 0 N–H and O–H groups in total. The zero-order valence-electron chi connectivity index (χ0n) is 14.4. The van der Waals surface area contributed by atoms with Gasteiger partial charge in [0.05, 0.1) is 5.75 Å². The smallest absolute Gasteiger partial charge is 0.253 e. The van der Waals surface area contributed by atoms with E-state index in [9.17, 15) is 9.59 Å². The maximum atomic E-state index is 12.5. The molecule has 1 aliphatic rings. The fourth-order valence-corrected chi connectivity index (χ4v) is 3.61. The largest absolute Gasteiger partial charge is 0.338 e. The Bertz CT molecular complexity index is 723. The van der Waals surface area contributed by atoms with Crippen LogP contribution in [0.1, 0.15) is 15.9 Å². The van der Waals surface area contributed by atoms with Crippen molar-refractivity contribution in [2.24, 2.45) is 0 Å². The van der Waals surface area contributed by atoms with E-state index in [-0.39, 0.29) is 11.8 Å². The van der Waals surface area contributed by atoms with Crippen LogP contribution < -0.4 is 0 Å². The number of carbonyl (C=O) groups excluding carboxylic acids is 2. The van der Waals surface area contributed by atoms with Crippen LogP contribution in [0, 0.1) is 6.92 Å². The van der Waals surface area contributed by atoms with Gasteiger partial charge in [-0.2, -0.15) is 0 Å². The van der Waals surface area contributed by atoms with Crippen molar-refractivity contribution in [3.63, 3.8) is 0 Å². The standard InChI is InChI=1S/C20H22N2O2S/c1-16-7-9-17(10-8-16)20(24)22-13-11-21(12-14-22)19(23)15-25-18-5-3-2-4-6-18/h2-10H,11-15H2,1H3. The molecule has 0 unspecified atom stereocenters. The summed E-state index contributed by atoms with van der Waals surface area (Å²) in [6, 6.07) is 17.6. The van der Waals surface area contributed by atoms with Crippen molar-refractivity contribution >= 4 is 23.6 Å². The Labute approximate surface area is 152 Å². The summed E-state index contributed by atoms with van der Waals surface area (Å²) in [6.07, 6.45) is 0. The highest BCUT2D eigenvalue weighted by Crippen LogP contribution is 2.18. The molecule has 0 aromatic heterocycles. The Kier molecular flexibility index (Phi) is 5.76. The minimum absolute atomic E-state index is 0.0470. The number of aryl methyl sites for hydroxylation is 1. The molecule has 0 spiro atoms. The lowest BCUT2D eigenvalue weighted by Crippen LogP contribution is -2.51. The summed E-state index contributed by atoms with van der Waals surface area (Å²) in [7, 11) is 0. The maximum Gasteiger partial charge on any atom is 0.253 e. The molecule has 0 atom stereocenters. The van der Waals surface area contributed by atoms with Crippen LogP contribution in [0.4, 0.5) is 0 Å². The summed E-state index contributed by atoms with van der Waals surface area (Å²) in [5.41, 5.74) is 1.85. The van der Waals surface area contributed by atoms with E-state index in [1.807, 2.05) is 71.3 Å². The SMILES string of the molecule is Cc1ccc(C(=O)N2CCN(C(=O)CSc3ccccc3)CC2)cc1. The Morgan fingerprint density at radius 2 is 1.48 bits per heavy atom. The number of hydrogen-bond donors (Lipinski definition) is 0. The van der Waals surface area contributed by atoms with Gasteiger partial charge in [0.1, 0.15) is 0 Å². The molecule has 130 valence electrons. The summed E-state index contributed by atoms with van der Waals surface area (Å²) in [4.78, 5) is 29.7. The van der Waals surface area contributed by atoms with Crippen LogP contribution >= 0.6 is 11.8 Å². The second kappa shape index (κ2) is 8.21. The molecule has 4 nitrogen and oxygen atoms in total. The van der Waals surface area contributed by atoms with E-state index in [4.69, 9.17) is 0 Å². The maximum absolute atomic E-state index is 12.5. The average molecular weight is 354 g/mol. The normalized spacial score (nSPS) is 14.4. The molecule has 1 heterocycles. The Morgan fingerprint density at radius 3 is 2.12 bits per heavy atom. The van der Waals surface area contributed by atoms with Gasteiger partial charge < -0.3 is 9.80 Å². The van der Waals surface area contributed by atoms with Crippen molar-refractivity contribution in [2.75, 3.05) is 31.9 Å². The van der Waals surface area contributed by atoms with Crippen LogP contribution in [0.2, 0.25) is 0 Å². The molecule has 0 bridgehead atoms. The highest BCUT2D eigenvalue weighted by Gasteiger charge is 2.24. The van der Waals surface area contributed by atoms with E-state index in [1.165, 1.54) is 0 Å². The van der Waals surface area contributed by atoms with Gasteiger partial charge in [0, 0.05) is 36.6 Å². The third kappa shape index (κ3) is 4.63. The molecule has 5 heteroatoms. The molecule has 2 amide bonds. The molecule has 1 aliphatic heterocycles. The highest BCUT2D eigenvalue weighted by molar-refractivity contribution is 8.00. The zero-order valence-corrected chi connectivity index (χ0v) is 15.2. The first-order valence-corrected chi connectivity index (χ1v) is 9.43. The number of carbonyl (C=O) groups is 2. The Balaban J connectivity index is 1.48. The van der Waals surface area contributed by atoms with Crippen LogP contribution in [-0.4, -0.2) is 53.5 Å². The molecule has 3 rings (SSSR count). The fourth-order valence-electron chi connectivity index (χ4n) is 2.79. The fraction of sp³-hybridized carbons (Fsp3) is 0.300. The van der Waals surface area contributed by atoms with E-state index in [0.29, 0.717) is 37.5 Å². The lowest BCUT2D eigenvalue weighted by Gasteiger charge is -2.34. The molecular weight excluding hydrogens is 332 g/mol. The van der Waals surface area contributed by atoms with Crippen molar-refractivity contribution in [1.82, 2.24) is 9.80 Å². The van der Waals surface area contributed by atoms with Crippen molar-refractivity contribution in [1.29, 1.82) is 0 Å². The summed E-state index contributed by atoms with van der Waals surface area (Å²) in [6.45, 7) is 4.40. The first kappa shape index (κ1) is 17.5. The number of hydrogen-bond acceptors (Lipinski definition) is 3. The van der Waals surface area contributed by atoms with Gasteiger partial charge in [-0.3, -0.25) is 9.59 Å². The first-order valence-electron chi connectivity index (χ1n) is 8.45.